The smallest absolute Gasteiger partial charge is 0.255 e. The summed E-state index contributed by atoms with van der Waals surface area (Å²) in [5.74, 6) is 0.534. The molecule has 8 heteroatoms. The maximum Gasteiger partial charge on any atom is 0.255 e. The summed E-state index contributed by atoms with van der Waals surface area (Å²) in [6, 6.07) is 11.6. The van der Waals surface area contributed by atoms with Gasteiger partial charge in [-0.2, -0.15) is 0 Å². The molecule has 7 nitrogen and oxygen atoms in total. The van der Waals surface area contributed by atoms with E-state index >= 15 is 0 Å². The Morgan fingerprint density at radius 2 is 1.84 bits per heavy atom. The minimum atomic E-state index is -0.148. The van der Waals surface area contributed by atoms with Gasteiger partial charge in [-0.05, 0) is 49.4 Å². The highest BCUT2D eigenvalue weighted by molar-refractivity contribution is 6.32. The van der Waals surface area contributed by atoms with E-state index in [-0.39, 0.29) is 23.6 Å². The van der Waals surface area contributed by atoms with Crippen LogP contribution >= 0.6 is 11.6 Å². The van der Waals surface area contributed by atoms with Crippen molar-refractivity contribution in [1.82, 2.24) is 20.3 Å². The van der Waals surface area contributed by atoms with E-state index in [1.54, 1.807) is 31.5 Å². The predicted molar refractivity (Wildman–Crippen MR) is 122 cm³/mol. The van der Waals surface area contributed by atoms with E-state index in [0.29, 0.717) is 22.2 Å². The third-order valence-corrected chi connectivity index (χ3v) is 5.75. The first-order valence-electron chi connectivity index (χ1n) is 10.3. The Balaban J connectivity index is 1.53. The molecule has 4 rings (SSSR count). The average Bonchev–Trinajstić information content (AvgIpc) is 2.76. The quantitative estimate of drug-likeness (QED) is 0.560. The van der Waals surface area contributed by atoms with Gasteiger partial charge in [0.1, 0.15) is 0 Å². The lowest BCUT2D eigenvalue weighted by Gasteiger charge is -2.29. The molecular weight excluding hydrogens is 414 g/mol. The highest BCUT2D eigenvalue weighted by Crippen LogP contribution is 2.30. The minimum absolute atomic E-state index is 0.0156. The first kappa shape index (κ1) is 21.1. The van der Waals surface area contributed by atoms with E-state index < -0.39 is 0 Å². The number of carbonyl (C=O) groups is 1. The zero-order valence-corrected chi connectivity index (χ0v) is 17.9. The number of nitrogens with one attached hydrogen (secondary N) is 3. The number of pyridine rings is 1. The molecule has 2 heterocycles. The summed E-state index contributed by atoms with van der Waals surface area (Å²) in [6.07, 6.45) is 6.91. The topological polar surface area (TPSA) is 99.8 Å². The number of hydrogen-bond acceptors (Lipinski definition) is 5. The number of aromatic nitrogens is 3. The molecule has 1 amide bonds. The number of hydrogen-bond donors (Lipinski definition) is 3. The Bertz CT molecular complexity index is 1140. The van der Waals surface area contributed by atoms with Crippen molar-refractivity contribution in [1.29, 1.82) is 0 Å². The number of amides is 1. The molecule has 3 N–H and O–H groups in total. The number of halogens is 1. The van der Waals surface area contributed by atoms with Gasteiger partial charge in [-0.3, -0.25) is 9.59 Å². The fraction of sp³-hybridized carbons (Fsp3) is 0.304. The van der Waals surface area contributed by atoms with Gasteiger partial charge in [0.2, 0.25) is 11.9 Å². The maximum absolute atomic E-state index is 12.2. The van der Waals surface area contributed by atoms with E-state index in [4.69, 9.17) is 11.6 Å². The first-order chi connectivity index (χ1) is 15.0. The molecule has 2 aromatic heterocycles. The molecule has 0 spiro atoms. The molecule has 0 aliphatic heterocycles. The van der Waals surface area contributed by atoms with Crippen molar-refractivity contribution in [3.05, 3.63) is 64.2 Å². The van der Waals surface area contributed by atoms with Gasteiger partial charge >= 0.3 is 0 Å². The average molecular weight is 438 g/mol. The van der Waals surface area contributed by atoms with Gasteiger partial charge < -0.3 is 15.6 Å². The van der Waals surface area contributed by atoms with Crippen LogP contribution in [0.1, 0.15) is 32.6 Å². The second kappa shape index (κ2) is 9.31. The molecule has 1 aromatic carbocycles. The van der Waals surface area contributed by atoms with Crippen molar-refractivity contribution >= 4 is 23.5 Å². The number of aromatic amines is 1. The Morgan fingerprint density at radius 3 is 2.58 bits per heavy atom. The predicted octanol–water partition coefficient (Wildman–Crippen LogP) is 4.01. The van der Waals surface area contributed by atoms with Crippen LogP contribution in [0.4, 0.5) is 5.95 Å². The summed E-state index contributed by atoms with van der Waals surface area (Å²) in [5.41, 5.74) is 2.65. The van der Waals surface area contributed by atoms with Gasteiger partial charge in [-0.15, -0.1) is 0 Å². The largest absolute Gasteiger partial charge is 0.354 e. The SMILES string of the molecule is CC(=O)N[C@H]1CC[C@H](Nc2ncc(Cl)c(-c3cccc(-c4ccc[nH]c4=O)c3)n2)CC1. The molecule has 3 aromatic rings. The van der Waals surface area contributed by atoms with Gasteiger partial charge in [0.05, 0.1) is 16.9 Å². The van der Waals surface area contributed by atoms with Crippen LogP contribution in [0.15, 0.2) is 53.6 Å². The van der Waals surface area contributed by atoms with Gasteiger partial charge in [-0.1, -0.05) is 29.8 Å². The Kier molecular flexibility index (Phi) is 6.32. The lowest BCUT2D eigenvalue weighted by Crippen LogP contribution is -2.39. The molecule has 31 heavy (non-hydrogen) atoms. The molecule has 1 saturated carbocycles. The van der Waals surface area contributed by atoms with Crippen LogP contribution in [0.5, 0.6) is 0 Å². The molecule has 0 unspecified atom stereocenters. The van der Waals surface area contributed by atoms with Crippen LogP contribution in [0, 0.1) is 0 Å². The van der Waals surface area contributed by atoms with E-state index in [1.165, 1.54) is 0 Å². The van der Waals surface area contributed by atoms with Crippen molar-refractivity contribution in [2.24, 2.45) is 0 Å². The van der Waals surface area contributed by atoms with E-state index in [0.717, 1.165) is 36.8 Å². The zero-order valence-electron chi connectivity index (χ0n) is 17.2. The number of benzene rings is 1. The van der Waals surface area contributed by atoms with Crippen LogP contribution in [0.25, 0.3) is 22.4 Å². The summed E-state index contributed by atoms with van der Waals surface area (Å²) < 4.78 is 0. The normalized spacial score (nSPS) is 18.4. The van der Waals surface area contributed by atoms with Crippen molar-refractivity contribution in [2.45, 2.75) is 44.7 Å². The van der Waals surface area contributed by atoms with E-state index in [1.807, 2.05) is 24.3 Å². The van der Waals surface area contributed by atoms with Gasteiger partial charge in [0, 0.05) is 36.3 Å². The van der Waals surface area contributed by atoms with Crippen molar-refractivity contribution in [2.75, 3.05) is 5.32 Å². The maximum atomic E-state index is 12.2. The molecule has 1 fully saturated rings. The third kappa shape index (κ3) is 5.11. The standard InChI is InChI=1S/C23H24ClN5O2/c1-14(30)27-17-7-9-18(10-8-17)28-23-26-13-20(24)21(29-23)16-5-2-4-15(12-16)19-6-3-11-25-22(19)31/h2-6,11-13,17-18H,7-10H2,1H3,(H,25,31)(H,27,30)(H,26,28,29)/t17-,18-. The van der Waals surface area contributed by atoms with Crippen LogP contribution in [-0.2, 0) is 4.79 Å². The summed E-state index contributed by atoms with van der Waals surface area (Å²) in [6.45, 7) is 1.55. The van der Waals surface area contributed by atoms with Crippen LogP contribution in [-0.4, -0.2) is 32.9 Å². The summed E-state index contributed by atoms with van der Waals surface area (Å²) in [4.78, 5) is 35.1. The van der Waals surface area contributed by atoms with Crippen molar-refractivity contribution in [3.8, 4) is 22.4 Å². The molecule has 1 aliphatic carbocycles. The minimum Gasteiger partial charge on any atom is -0.354 e. The summed E-state index contributed by atoms with van der Waals surface area (Å²) in [5, 5.41) is 6.83. The zero-order chi connectivity index (χ0) is 21.8. The fourth-order valence-corrected chi connectivity index (χ4v) is 4.17. The van der Waals surface area contributed by atoms with Crippen molar-refractivity contribution in [3.63, 3.8) is 0 Å². The molecule has 1 aliphatic rings. The van der Waals surface area contributed by atoms with Crippen LogP contribution in [0.2, 0.25) is 5.02 Å². The second-order valence-corrected chi connectivity index (χ2v) is 8.18. The summed E-state index contributed by atoms with van der Waals surface area (Å²) in [7, 11) is 0. The number of H-pyrrole nitrogens is 1. The Morgan fingerprint density at radius 1 is 1.10 bits per heavy atom. The number of nitrogens with zero attached hydrogens (tertiary/aromatic N) is 2. The van der Waals surface area contributed by atoms with Gasteiger partial charge in [-0.25, -0.2) is 9.97 Å². The first-order valence-corrected chi connectivity index (χ1v) is 10.7. The van der Waals surface area contributed by atoms with Crippen LogP contribution in [0.3, 0.4) is 0 Å². The monoisotopic (exact) mass is 437 g/mol. The number of rotatable bonds is 5. The molecule has 0 saturated heterocycles. The third-order valence-electron chi connectivity index (χ3n) is 5.48. The molecule has 0 bridgehead atoms. The molecule has 160 valence electrons. The lowest BCUT2D eigenvalue weighted by atomic mass is 9.91. The fourth-order valence-electron chi connectivity index (χ4n) is 3.97. The molecule has 0 atom stereocenters. The number of anilines is 1. The summed E-state index contributed by atoms with van der Waals surface area (Å²) >= 11 is 6.41. The Labute approximate surface area is 185 Å². The van der Waals surface area contributed by atoms with E-state index in [9.17, 15) is 9.59 Å². The van der Waals surface area contributed by atoms with Gasteiger partial charge in [0.15, 0.2) is 0 Å². The van der Waals surface area contributed by atoms with Gasteiger partial charge in [0.25, 0.3) is 5.56 Å². The molecule has 0 radical (unpaired) electrons. The molecular formula is C23H24ClN5O2. The number of carbonyl (C=O) groups excluding carboxylic acids is 1. The lowest BCUT2D eigenvalue weighted by molar-refractivity contribution is -0.119. The van der Waals surface area contributed by atoms with E-state index in [2.05, 4.69) is 25.6 Å². The van der Waals surface area contributed by atoms with Crippen molar-refractivity contribution < 1.29 is 4.79 Å². The Hall–Kier alpha value is -3.19. The highest BCUT2D eigenvalue weighted by Gasteiger charge is 2.22. The van der Waals surface area contributed by atoms with Crippen LogP contribution < -0.4 is 16.2 Å². The highest BCUT2D eigenvalue weighted by atomic mass is 35.5. The second-order valence-electron chi connectivity index (χ2n) is 7.78.